The molecule has 0 saturated carbocycles. The molecule has 162 valence electrons. The number of aryl methyl sites for hydroxylation is 2. The smallest absolute Gasteiger partial charge is 0.254 e. The Morgan fingerprint density at radius 2 is 2.03 bits per heavy atom. The number of hydrogen-bond acceptors (Lipinski definition) is 7. The lowest BCUT2D eigenvalue weighted by Gasteiger charge is -2.41. The van der Waals surface area contributed by atoms with Crippen LogP contribution in [-0.4, -0.2) is 66.0 Å². The van der Waals surface area contributed by atoms with E-state index in [-0.39, 0.29) is 24.5 Å². The van der Waals surface area contributed by atoms with Crippen LogP contribution in [0.15, 0.2) is 23.0 Å². The molecule has 1 aliphatic rings. The van der Waals surface area contributed by atoms with Gasteiger partial charge in [0.2, 0.25) is 5.91 Å². The Bertz CT molecular complexity index is 974. The summed E-state index contributed by atoms with van der Waals surface area (Å²) < 4.78 is 16.4. The average Bonchev–Trinajstić information content (AvgIpc) is 2.74. The van der Waals surface area contributed by atoms with E-state index in [9.17, 15) is 14.7 Å². The number of rotatable bonds is 6. The van der Waals surface area contributed by atoms with Crippen LogP contribution in [0.1, 0.15) is 28.7 Å². The first-order valence-electron chi connectivity index (χ1n) is 9.69. The van der Waals surface area contributed by atoms with Crippen molar-refractivity contribution in [3.05, 3.63) is 51.2 Å². The lowest BCUT2D eigenvalue weighted by atomic mass is 9.96. The van der Waals surface area contributed by atoms with Crippen molar-refractivity contribution in [3.63, 3.8) is 0 Å². The molecule has 2 N–H and O–H groups in total. The summed E-state index contributed by atoms with van der Waals surface area (Å²) in [5.74, 6) is 1.34. The molecule has 1 saturated heterocycles. The number of nitrogens with one attached hydrogen (secondary N) is 1. The highest BCUT2D eigenvalue weighted by molar-refractivity contribution is 5.79. The summed E-state index contributed by atoms with van der Waals surface area (Å²) in [6, 6.07) is 4.80. The number of aliphatic hydroxyl groups is 1. The molecule has 2 aromatic rings. The number of morpholine rings is 1. The van der Waals surface area contributed by atoms with Gasteiger partial charge in [-0.05, 0) is 31.5 Å². The number of H-pyrrole nitrogens is 1. The molecular weight excluding hydrogens is 390 g/mol. The number of amides is 1. The van der Waals surface area contributed by atoms with Crippen molar-refractivity contribution < 1.29 is 24.1 Å². The van der Waals surface area contributed by atoms with Gasteiger partial charge >= 0.3 is 0 Å². The molecule has 0 unspecified atom stereocenters. The van der Waals surface area contributed by atoms with Crippen LogP contribution >= 0.6 is 0 Å². The van der Waals surface area contributed by atoms with Crippen LogP contribution in [-0.2, 0) is 16.0 Å². The van der Waals surface area contributed by atoms with Crippen molar-refractivity contribution in [1.29, 1.82) is 0 Å². The number of aliphatic hydroxyl groups excluding tert-OH is 1. The average molecular weight is 417 g/mol. The Labute approximate surface area is 174 Å². The van der Waals surface area contributed by atoms with E-state index in [0.717, 1.165) is 5.56 Å². The normalized spacial score (nSPS) is 18.9. The fraction of sp³-hybridized carbons (Fsp3) is 0.476. The van der Waals surface area contributed by atoms with Crippen molar-refractivity contribution in [3.8, 4) is 11.5 Å². The predicted octanol–water partition coefficient (Wildman–Crippen LogP) is 0.907. The van der Waals surface area contributed by atoms with Gasteiger partial charge in [-0.3, -0.25) is 9.59 Å². The molecule has 0 spiro atoms. The molecule has 3 rings (SSSR count). The van der Waals surface area contributed by atoms with E-state index in [4.69, 9.17) is 14.2 Å². The lowest BCUT2D eigenvalue weighted by Crippen LogP contribution is -2.50. The predicted molar refractivity (Wildman–Crippen MR) is 109 cm³/mol. The second kappa shape index (κ2) is 9.27. The first-order chi connectivity index (χ1) is 14.4. The summed E-state index contributed by atoms with van der Waals surface area (Å²) in [6.45, 7) is 3.79. The molecule has 1 aromatic carbocycles. The Kier molecular flexibility index (Phi) is 6.73. The minimum atomic E-state index is -0.601. The van der Waals surface area contributed by atoms with Gasteiger partial charge < -0.3 is 29.2 Å². The first-order valence-corrected chi connectivity index (χ1v) is 9.69. The van der Waals surface area contributed by atoms with E-state index in [1.165, 1.54) is 7.11 Å². The Morgan fingerprint density at radius 1 is 1.30 bits per heavy atom. The van der Waals surface area contributed by atoms with Gasteiger partial charge in [0, 0.05) is 17.8 Å². The number of carbonyl (C=O) groups excluding carboxylic acids is 1. The van der Waals surface area contributed by atoms with Gasteiger partial charge in [0.25, 0.3) is 5.56 Å². The number of carbonyl (C=O) groups is 1. The highest BCUT2D eigenvalue weighted by Crippen LogP contribution is 2.35. The van der Waals surface area contributed by atoms with E-state index < -0.39 is 12.1 Å². The van der Waals surface area contributed by atoms with Crippen LogP contribution in [0.3, 0.4) is 0 Å². The van der Waals surface area contributed by atoms with Crippen molar-refractivity contribution >= 4 is 5.91 Å². The number of aromatic amines is 1. The van der Waals surface area contributed by atoms with Crippen molar-refractivity contribution in [1.82, 2.24) is 14.9 Å². The Balaban J connectivity index is 1.96. The quantitative estimate of drug-likeness (QED) is 0.718. The Morgan fingerprint density at radius 3 is 2.67 bits per heavy atom. The first kappa shape index (κ1) is 21.8. The molecule has 30 heavy (non-hydrogen) atoms. The number of methoxy groups -OCH3 is 2. The van der Waals surface area contributed by atoms with E-state index in [1.807, 2.05) is 6.07 Å². The van der Waals surface area contributed by atoms with Crippen molar-refractivity contribution in [2.24, 2.45) is 0 Å². The summed E-state index contributed by atoms with van der Waals surface area (Å²) in [5, 5.41) is 9.87. The van der Waals surface area contributed by atoms with Crippen LogP contribution in [0.5, 0.6) is 11.5 Å². The SMILES string of the molecule is COc1ccc([C@@H]2[C@@H](CO)OCCN2C(=O)Cc2c(C)nc(C)[nH]c2=O)cc1OC. The minimum Gasteiger partial charge on any atom is -0.493 e. The van der Waals surface area contributed by atoms with E-state index in [2.05, 4.69) is 9.97 Å². The summed E-state index contributed by atoms with van der Waals surface area (Å²) in [4.78, 5) is 34.1. The fourth-order valence-corrected chi connectivity index (χ4v) is 3.81. The molecule has 9 nitrogen and oxygen atoms in total. The van der Waals surface area contributed by atoms with Gasteiger partial charge in [-0.15, -0.1) is 0 Å². The molecule has 2 atom stereocenters. The monoisotopic (exact) mass is 417 g/mol. The van der Waals surface area contributed by atoms with E-state index in [0.29, 0.717) is 41.7 Å². The fourth-order valence-electron chi connectivity index (χ4n) is 3.81. The standard InChI is InChI=1S/C21H27N3O6/c1-12-15(21(27)23-13(2)22-12)10-19(26)24-7-8-30-18(11-25)20(24)14-5-6-16(28-3)17(9-14)29-4/h5-6,9,18,20,25H,7-8,10-11H2,1-4H3,(H,22,23,27)/t18-,20-/m1/s1. The van der Waals surface area contributed by atoms with Crippen LogP contribution in [0.2, 0.25) is 0 Å². The highest BCUT2D eigenvalue weighted by Gasteiger charge is 2.36. The summed E-state index contributed by atoms with van der Waals surface area (Å²) in [6.07, 6.45) is -0.688. The highest BCUT2D eigenvalue weighted by atomic mass is 16.5. The third-order valence-corrected chi connectivity index (χ3v) is 5.27. The number of hydrogen-bond donors (Lipinski definition) is 2. The minimum absolute atomic E-state index is 0.0869. The number of ether oxygens (including phenoxy) is 3. The zero-order valence-electron chi connectivity index (χ0n) is 17.6. The molecule has 1 amide bonds. The maximum atomic E-state index is 13.2. The zero-order valence-corrected chi connectivity index (χ0v) is 17.6. The second-order valence-electron chi connectivity index (χ2n) is 7.13. The van der Waals surface area contributed by atoms with Gasteiger partial charge in [0.1, 0.15) is 11.9 Å². The van der Waals surface area contributed by atoms with Gasteiger partial charge in [-0.1, -0.05) is 6.07 Å². The summed E-state index contributed by atoms with van der Waals surface area (Å²) >= 11 is 0. The molecule has 1 fully saturated rings. The Hall–Kier alpha value is -2.91. The zero-order chi connectivity index (χ0) is 21.8. The largest absolute Gasteiger partial charge is 0.493 e. The molecule has 1 aromatic heterocycles. The topological polar surface area (TPSA) is 114 Å². The third-order valence-electron chi connectivity index (χ3n) is 5.27. The number of benzene rings is 1. The second-order valence-corrected chi connectivity index (χ2v) is 7.13. The van der Waals surface area contributed by atoms with Gasteiger partial charge in [0.15, 0.2) is 11.5 Å². The molecule has 1 aliphatic heterocycles. The maximum Gasteiger partial charge on any atom is 0.254 e. The molecule has 2 heterocycles. The van der Waals surface area contributed by atoms with Crippen LogP contribution < -0.4 is 15.0 Å². The number of aromatic nitrogens is 2. The van der Waals surface area contributed by atoms with Gasteiger partial charge in [0.05, 0.1) is 39.9 Å². The van der Waals surface area contributed by atoms with Gasteiger partial charge in [-0.2, -0.15) is 0 Å². The molecular formula is C21H27N3O6. The molecule has 0 aliphatic carbocycles. The summed E-state index contributed by atoms with van der Waals surface area (Å²) in [5.41, 5.74) is 1.29. The van der Waals surface area contributed by atoms with Gasteiger partial charge in [-0.25, -0.2) is 4.98 Å². The lowest BCUT2D eigenvalue weighted by molar-refractivity contribution is -0.149. The van der Waals surface area contributed by atoms with E-state index in [1.54, 1.807) is 38.0 Å². The molecule has 0 bridgehead atoms. The maximum absolute atomic E-state index is 13.2. The van der Waals surface area contributed by atoms with Crippen LogP contribution in [0, 0.1) is 13.8 Å². The van der Waals surface area contributed by atoms with Crippen LogP contribution in [0.4, 0.5) is 0 Å². The summed E-state index contributed by atoms with van der Waals surface area (Å²) in [7, 11) is 3.08. The molecule has 0 radical (unpaired) electrons. The van der Waals surface area contributed by atoms with Crippen LogP contribution in [0.25, 0.3) is 0 Å². The van der Waals surface area contributed by atoms with E-state index >= 15 is 0 Å². The van der Waals surface area contributed by atoms with Crippen molar-refractivity contribution in [2.75, 3.05) is 34.0 Å². The number of nitrogens with zero attached hydrogens (tertiary/aromatic N) is 2. The van der Waals surface area contributed by atoms with Crippen molar-refractivity contribution in [2.45, 2.75) is 32.4 Å². The molecule has 9 heteroatoms. The third kappa shape index (κ3) is 4.31.